The molecule has 25 nitrogen and oxygen atoms in total. The summed E-state index contributed by atoms with van der Waals surface area (Å²) in [7, 11) is -5.85. The van der Waals surface area contributed by atoms with Crippen LogP contribution < -0.4 is 32.6 Å². The van der Waals surface area contributed by atoms with Gasteiger partial charge in [0.25, 0.3) is 5.56 Å². The molecule has 4 aromatic carbocycles. The van der Waals surface area contributed by atoms with Crippen LogP contribution in [0.5, 0.6) is 0 Å². The van der Waals surface area contributed by atoms with Crippen LogP contribution in [-0.2, 0) is 60.7 Å². The first-order valence-corrected chi connectivity index (χ1v) is 43.4. The van der Waals surface area contributed by atoms with Crippen molar-refractivity contribution in [3.8, 4) is 22.3 Å². The number of hydrogen-bond donors (Lipinski definition) is 6. The second-order valence-electron chi connectivity index (χ2n) is 30.7. The van der Waals surface area contributed by atoms with Gasteiger partial charge in [0.1, 0.15) is 54.5 Å². The lowest BCUT2D eigenvalue weighted by Gasteiger charge is -2.51. The number of aromatic nitrogens is 3. The number of ketones is 1. The van der Waals surface area contributed by atoms with E-state index in [0.717, 1.165) is 44.5 Å². The number of nitrogens with zero attached hydrogens (tertiary/aromatic N) is 4. The van der Waals surface area contributed by atoms with Crippen LogP contribution in [0.2, 0.25) is 22.2 Å². The maximum absolute atomic E-state index is 15.2. The van der Waals surface area contributed by atoms with Crippen molar-refractivity contribution in [2.75, 3.05) is 50.9 Å². The van der Waals surface area contributed by atoms with E-state index in [2.05, 4.69) is 98.8 Å². The standard InChI is InChI=1S/C80H104N10O15SSi2/c1-11-50(10)83-73(93)63(40-66(91)78(98)100-43-60-55-28-16-12-24-51(55)52-25-13-17-29-56(52)60)85-75(95)65-34-23-38-89(65)77(97)62(32-20-21-36-82-80(99)101-44-61-57-30-18-14-26-53(57)54-27-15-19-31-58(54)61)84-74(94)64-33-22-37-88(64)70(92)35-39-106-90-42-59(71-72(90)76(96)87-79(81)86-71)67-41-68-69(103-67)45-102-107(46(2)3,47(4)5)105-108(104-68,48(6)7)49(8)9/h12-19,24-31,42,46-50,60-65,67-69H,11,20-23,32-41,43-45H2,1-10H3,(H,82,99)(H,83,93)(H,84,94)(H,85,95)(H3,81,86,87,96)/t50?,62?,63?,64?,65?,67-,68?,69+/m1/s1. The summed E-state index contributed by atoms with van der Waals surface area (Å²) in [5.41, 5.74) is 15.7. The lowest BCUT2D eigenvalue weighted by atomic mass is 9.98. The number of amides is 6. The fourth-order valence-electron chi connectivity index (χ4n) is 16.8. The maximum Gasteiger partial charge on any atom is 0.407 e. The highest BCUT2D eigenvalue weighted by molar-refractivity contribution is 7.98. The molecule has 6 heterocycles. The first kappa shape index (κ1) is 79.0. The number of benzene rings is 4. The molecular formula is C80H104N10O15SSi2. The molecule has 0 radical (unpaired) electrons. The van der Waals surface area contributed by atoms with E-state index in [9.17, 15) is 38.4 Å². The van der Waals surface area contributed by atoms with Crippen molar-refractivity contribution in [3.05, 3.63) is 141 Å². The first-order valence-electron chi connectivity index (χ1n) is 38.5. The van der Waals surface area contributed by atoms with Crippen LogP contribution in [0.15, 0.2) is 108 Å². The maximum atomic E-state index is 15.2. The summed E-state index contributed by atoms with van der Waals surface area (Å²) in [5.74, 6) is -5.47. The predicted octanol–water partition coefficient (Wildman–Crippen LogP) is 10.9. The van der Waals surface area contributed by atoms with E-state index in [-0.39, 0.29) is 128 Å². The Morgan fingerprint density at radius 2 is 1.20 bits per heavy atom. The van der Waals surface area contributed by atoms with Crippen LogP contribution in [0.3, 0.4) is 0 Å². The number of nitrogens with two attached hydrogens (primary N) is 1. The van der Waals surface area contributed by atoms with E-state index < -0.39 is 107 Å². The van der Waals surface area contributed by atoms with E-state index in [1.165, 1.54) is 21.7 Å². The van der Waals surface area contributed by atoms with Crippen LogP contribution in [0.4, 0.5) is 10.7 Å². The number of anilines is 1. The van der Waals surface area contributed by atoms with Gasteiger partial charge in [-0.05, 0) is 137 Å². The highest BCUT2D eigenvalue weighted by atomic mass is 32.2. The number of H-pyrrole nitrogens is 1. The SMILES string of the molecule is CCC(C)NC(=O)C(CC(=O)C(=O)OCC1c2ccccc2-c2ccccc21)NC(=O)C1CCCN1C(=O)C(CCCCNC(=O)OCC1c2ccccc2-c2ccccc21)NC(=O)C1CCCN1C(=O)CCSn1cc([C@H]2CC3O[Si](C(C)C)(C(C)C)O[Si](C(C)C)(C(C)C)OC[C@@H]3O2)c2nc(N)[nH]c(=O)c21. The van der Waals surface area contributed by atoms with Crippen molar-refractivity contribution in [2.45, 2.75) is 222 Å². The van der Waals surface area contributed by atoms with E-state index in [1.54, 1.807) is 10.9 Å². The Bertz CT molecular complexity index is 4290. The average Bonchev–Trinajstić information content (AvgIpc) is 1.40. The second-order valence-corrected chi connectivity index (χ2v) is 40.7. The van der Waals surface area contributed by atoms with E-state index in [4.69, 9.17) is 32.9 Å². The van der Waals surface area contributed by atoms with Crippen molar-refractivity contribution in [2.24, 2.45) is 0 Å². The number of likely N-dealkylation sites (tertiary alicyclic amines) is 2. The molecule has 7 N–H and O–H groups in total. The monoisotopic (exact) mass is 1530 g/mol. The summed E-state index contributed by atoms with van der Waals surface area (Å²) in [5, 5.41) is 11.4. The van der Waals surface area contributed by atoms with Gasteiger partial charge in [0.2, 0.25) is 41.3 Å². The van der Waals surface area contributed by atoms with Gasteiger partial charge in [0, 0.05) is 74.3 Å². The number of alkyl carbamates (subject to hydrolysis) is 1. The molecule has 12 rings (SSSR count). The zero-order valence-corrected chi connectivity index (χ0v) is 66.3. The average molecular weight is 1530 g/mol. The lowest BCUT2D eigenvalue weighted by molar-refractivity contribution is -0.154. The van der Waals surface area contributed by atoms with E-state index >= 15 is 4.79 Å². The molecule has 2 aromatic heterocycles. The summed E-state index contributed by atoms with van der Waals surface area (Å²) >= 11 is 1.23. The number of ether oxygens (including phenoxy) is 3. The summed E-state index contributed by atoms with van der Waals surface area (Å²) in [6.07, 6.45) is 2.13. The molecule has 4 aliphatic heterocycles. The quantitative estimate of drug-likeness (QED) is 0.0110. The van der Waals surface area contributed by atoms with Gasteiger partial charge in [-0.3, -0.25) is 42.5 Å². The predicted molar refractivity (Wildman–Crippen MR) is 416 cm³/mol. The Hall–Kier alpha value is -8.52. The number of carbonyl (C=O) groups excluding carboxylic acids is 8. The summed E-state index contributed by atoms with van der Waals surface area (Å²) in [6.45, 7) is 21.8. The highest BCUT2D eigenvalue weighted by Gasteiger charge is 2.60. The molecule has 6 aliphatic rings. The van der Waals surface area contributed by atoms with Crippen LogP contribution in [-0.4, -0.2) is 176 Å². The Balaban J connectivity index is 0.716. The van der Waals surface area contributed by atoms with Crippen LogP contribution in [0, 0.1) is 0 Å². The molecule has 28 heteroatoms. The van der Waals surface area contributed by atoms with Crippen molar-refractivity contribution in [3.63, 3.8) is 0 Å². The molecule has 4 fully saturated rings. The zero-order chi connectivity index (χ0) is 76.9. The van der Waals surface area contributed by atoms with Crippen LogP contribution >= 0.6 is 11.9 Å². The number of hydrogen-bond acceptors (Lipinski definition) is 18. The number of nitrogens with one attached hydrogen (secondary N) is 5. The third kappa shape index (κ3) is 16.5. The Kier molecular flexibility index (Phi) is 25.0. The number of Topliss-reactive ketones (excluding diaryl/α,β-unsaturated/α-hetero) is 1. The Morgan fingerprint density at radius 1 is 0.667 bits per heavy atom. The second kappa shape index (κ2) is 34.2. The molecule has 8 atom stereocenters. The molecule has 578 valence electrons. The van der Waals surface area contributed by atoms with Crippen LogP contribution in [0.1, 0.15) is 186 Å². The number of aromatic amines is 1. The van der Waals surface area contributed by atoms with Gasteiger partial charge < -0.3 is 64.0 Å². The van der Waals surface area contributed by atoms with Crippen molar-refractivity contribution in [1.29, 1.82) is 0 Å². The number of esters is 1. The molecule has 6 amide bonds. The van der Waals surface area contributed by atoms with Gasteiger partial charge in [-0.2, -0.15) is 0 Å². The smallest absolute Gasteiger partial charge is 0.407 e. The highest BCUT2D eigenvalue weighted by Crippen LogP contribution is 2.51. The summed E-state index contributed by atoms with van der Waals surface area (Å²) in [6, 6.07) is 26.4. The van der Waals surface area contributed by atoms with Crippen molar-refractivity contribution < 1.29 is 65.5 Å². The first-order chi connectivity index (χ1) is 51.8. The minimum Gasteiger partial charge on any atom is -0.459 e. The summed E-state index contributed by atoms with van der Waals surface area (Å²) < 4.78 is 41.9. The van der Waals surface area contributed by atoms with Gasteiger partial charge in [-0.15, -0.1) is 0 Å². The van der Waals surface area contributed by atoms with Crippen molar-refractivity contribution >= 4 is 93.4 Å². The Labute approximate surface area is 637 Å². The fourth-order valence-corrected chi connectivity index (χ4v) is 28.9. The molecule has 0 bridgehead atoms. The number of carbonyl (C=O) groups is 8. The normalized spacial score (nSPS) is 20.8. The third-order valence-electron chi connectivity index (χ3n) is 22.6. The molecule has 0 saturated carbocycles. The molecule has 6 unspecified atom stereocenters. The largest absolute Gasteiger partial charge is 0.459 e. The molecule has 2 aliphatic carbocycles. The Morgan fingerprint density at radius 3 is 1.77 bits per heavy atom. The van der Waals surface area contributed by atoms with Gasteiger partial charge in [0.05, 0.1) is 18.8 Å². The van der Waals surface area contributed by atoms with Gasteiger partial charge in [-0.1, -0.05) is 159 Å². The zero-order valence-electron chi connectivity index (χ0n) is 63.5. The minimum atomic E-state index is -2.98. The third-order valence-corrected chi connectivity index (χ3v) is 33.8. The number of nitrogen functional groups attached to an aromatic ring is 1. The van der Waals surface area contributed by atoms with E-state index in [1.807, 2.05) is 98.0 Å². The fraction of sp³-hybridized carbons (Fsp3) is 0.525. The number of rotatable bonds is 29. The number of fused-ring (bicyclic) bond motifs is 8. The molecule has 0 spiro atoms. The molecule has 108 heavy (non-hydrogen) atoms. The van der Waals surface area contributed by atoms with Crippen LogP contribution in [0.25, 0.3) is 33.3 Å². The lowest BCUT2D eigenvalue weighted by Crippen LogP contribution is -2.65. The molecular weight excluding hydrogens is 1430 g/mol. The minimum absolute atomic E-state index is 0.0370. The van der Waals surface area contributed by atoms with Gasteiger partial charge in [0.15, 0.2) is 0 Å². The summed E-state index contributed by atoms with van der Waals surface area (Å²) in [4.78, 5) is 138. The molecule has 6 aromatic rings. The topological polar surface area (TPSA) is 323 Å². The van der Waals surface area contributed by atoms with Crippen molar-refractivity contribution in [1.82, 2.24) is 45.0 Å². The van der Waals surface area contributed by atoms with E-state index in [0.29, 0.717) is 56.0 Å². The van der Waals surface area contributed by atoms with Gasteiger partial charge >= 0.3 is 29.2 Å². The number of unbranched alkanes of at least 4 members (excludes halogenated alkanes) is 1. The van der Waals surface area contributed by atoms with Gasteiger partial charge in [-0.25, -0.2) is 14.6 Å². The molecule has 4 saturated heterocycles.